The van der Waals surface area contributed by atoms with Crippen LogP contribution in [0.2, 0.25) is 0 Å². The summed E-state index contributed by atoms with van der Waals surface area (Å²) in [4.78, 5) is 37.4. The summed E-state index contributed by atoms with van der Waals surface area (Å²) < 4.78 is 8.22. The highest BCUT2D eigenvalue weighted by atomic mass is 32.2. The standard InChI is InChI=1S/C32H43N5O3S/c1-19-14-28(41-4)27(31(38)35-19)15-34-32(39)29-21(3)37(30-26(29)6-5-13-33-30)20(2)23-7-9-24(10-8-23)36-16-22(17-36)18-40-25-11-12-25/h5-6,13-14,20,22-25H,7-12,15-18H2,1-4H3,(H,34,39)(H,35,38). The Bertz CT molecular complexity index is 1460. The third kappa shape index (κ3) is 5.86. The van der Waals surface area contributed by atoms with E-state index in [1.807, 2.05) is 44.5 Å². The summed E-state index contributed by atoms with van der Waals surface area (Å²) in [6, 6.07) is 6.77. The van der Waals surface area contributed by atoms with Crippen LogP contribution in [0.3, 0.4) is 0 Å². The Morgan fingerprint density at radius 1 is 1.20 bits per heavy atom. The number of likely N-dealkylation sites (tertiary alicyclic amines) is 1. The Labute approximate surface area is 246 Å². The summed E-state index contributed by atoms with van der Waals surface area (Å²) in [6.45, 7) is 9.70. The van der Waals surface area contributed by atoms with Gasteiger partial charge in [-0.15, -0.1) is 11.8 Å². The summed E-state index contributed by atoms with van der Waals surface area (Å²) >= 11 is 1.52. The van der Waals surface area contributed by atoms with Gasteiger partial charge in [0.05, 0.1) is 18.3 Å². The lowest BCUT2D eigenvalue weighted by atomic mass is 9.80. The Morgan fingerprint density at radius 2 is 1.95 bits per heavy atom. The molecule has 1 saturated heterocycles. The van der Waals surface area contributed by atoms with Crippen molar-refractivity contribution in [2.45, 2.75) is 88.9 Å². The van der Waals surface area contributed by atoms with E-state index in [-0.39, 0.29) is 24.1 Å². The number of hydrogen-bond donors (Lipinski definition) is 2. The summed E-state index contributed by atoms with van der Waals surface area (Å²) in [5.74, 6) is 1.10. The first-order valence-corrected chi connectivity index (χ1v) is 16.4. The molecule has 0 spiro atoms. The average Bonchev–Trinajstić information content (AvgIpc) is 3.72. The minimum absolute atomic E-state index is 0.153. The van der Waals surface area contributed by atoms with Gasteiger partial charge in [0.2, 0.25) is 0 Å². The van der Waals surface area contributed by atoms with E-state index in [1.54, 1.807) is 0 Å². The third-order valence-electron chi connectivity index (χ3n) is 9.53. The number of amides is 1. The molecule has 220 valence electrons. The minimum Gasteiger partial charge on any atom is -0.378 e. The van der Waals surface area contributed by atoms with E-state index in [2.05, 4.69) is 26.7 Å². The summed E-state index contributed by atoms with van der Waals surface area (Å²) in [5, 5.41) is 3.91. The fraction of sp³-hybridized carbons (Fsp3) is 0.594. The fourth-order valence-corrected chi connectivity index (χ4v) is 7.72. The molecule has 41 heavy (non-hydrogen) atoms. The predicted molar refractivity (Wildman–Crippen MR) is 164 cm³/mol. The lowest BCUT2D eigenvalue weighted by Gasteiger charge is -2.47. The van der Waals surface area contributed by atoms with Gasteiger partial charge in [-0.2, -0.15) is 0 Å². The number of aromatic nitrogens is 3. The van der Waals surface area contributed by atoms with Crippen LogP contribution in [0, 0.1) is 25.7 Å². The van der Waals surface area contributed by atoms with Gasteiger partial charge in [0.1, 0.15) is 5.65 Å². The Balaban J connectivity index is 1.13. The van der Waals surface area contributed by atoms with Crippen LogP contribution in [0.1, 0.15) is 78.8 Å². The van der Waals surface area contributed by atoms with E-state index in [1.165, 1.54) is 63.4 Å². The monoisotopic (exact) mass is 577 g/mol. The first-order chi connectivity index (χ1) is 19.8. The second-order valence-corrected chi connectivity index (χ2v) is 13.2. The smallest absolute Gasteiger partial charge is 0.254 e. The molecule has 3 aromatic rings. The minimum atomic E-state index is -0.166. The number of thioether (sulfide) groups is 1. The maximum absolute atomic E-state index is 13.6. The van der Waals surface area contributed by atoms with E-state index in [0.717, 1.165) is 33.9 Å². The van der Waals surface area contributed by atoms with Crippen LogP contribution < -0.4 is 10.9 Å². The average molecular weight is 578 g/mol. The normalized spacial score (nSPS) is 22.5. The van der Waals surface area contributed by atoms with Gasteiger partial charge in [0.25, 0.3) is 11.5 Å². The molecule has 3 aliphatic rings. The first kappa shape index (κ1) is 28.5. The zero-order chi connectivity index (χ0) is 28.7. The van der Waals surface area contributed by atoms with Crippen LogP contribution in [-0.4, -0.2) is 63.4 Å². The molecule has 8 nitrogen and oxygen atoms in total. The van der Waals surface area contributed by atoms with E-state index >= 15 is 0 Å². The van der Waals surface area contributed by atoms with Gasteiger partial charge in [-0.05, 0) is 89.7 Å². The second kappa shape index (κ2) is 11.9. The maximum atomic E-state index is 13.6. The number of nitrogens with one attached hydrogen (secondary N) is 2. The molecule has 0 bridgehead atoms. The number of nitrogens with zero attached hydrogens (tertiary/aromatic N) is 3. The predicted octanol–water partition coefficient (Wildman–Crippen LogP) is 5.22. The van der Waals surface area contributed by atoms with Crippen molar-refractivity contribution in [2.24, 2.45) is 11.8 Å². The molecule has 9 heteroatoms. The van der Waals surface area contributed by atoms with Crippen molar-refractivity contribution in [3.63, 3.8) is 0 Å². The van der Waals surface area contributed by atoms with Crippen molar-refractivity contribution < 1.29 is 9.53 Å². The van der Waals surface area contributed by atoms with Crippen LogP contribution in [0.25, 0.3) is 11.0 Å². The van der Waals surface area contributed by atoms with Crippen molar-refractivity contribution in [3.05, 3.63) is 57.3 Å². The Kier molecular flexibility index (Phi) is 8.30. The van der Waals surface area contributed by atoms with Crippen LogP contribution >= 0.6 is 11.8 Å². The lowest BCUT2D eigenvalue weighted by molar-refractivity contribution is -0.0257. The topological polar surface area (TPSA) is 92.2 Å². The molecule has 2 saturated carbocycles. The van der Waals surface area contributed by atoms with Gasteiger partial charge in [-0.3, -0.25) is 14.5 Å². The van der Waals surface area contributed by atoms with Crippen LogP contribution in [0.4, 0.5) is 0 Å². The lowest BCUT2D eigenvalue weighted by Crippen LogP contribution is -2.54. The largest absolute Gasteiger partial charge is 0.378 e. The molecule has 1 aliphatic heterocycles. The summed E-state index contributed by atoms with van der Waals surface area (Å²) in [5.41, 5.74) is 3.71. The zero-order valence-corrected chi connectivity index (χ0v) is 25.6. The van der Waals surface area contributed by atoms with E-state index in [4.69, 9.17) is 9.72 Å². The van der Waals surface area contributed by atoms with Gasteiger partial charge in [-0.25, -0.2) is 4.98 Å². The number of rotatable bonds is 10. The SMILES string of the molecule is CSc1cc(C)[nH]c(=O)c1CNC(=O)c1c(C)n(C(C)C2CCC(N3CC(COC4CC4)C3)CC2)c2ncccc12. The molecule has 1 atom stereocenters. The highest BCUT2D eigenvalue weighted by molar-refractivity contribution is 7.98. The van der Waals surface area contributed by atoms with Crippen molar-refractivity contribution in [3.8, 4) is 0 Å². The summed E-state index contributed by atoms with van der Waals surface area (Å²) in [7, 11) is 0. The molecular weight excluding hydrogens is 534 g/mol. The van der Waals surface area contributed by atoms with E-state index < -0.39 is 0 Å². The fourth-order valence-electron chi connectivity index (χ4n) is 7.02. The van der Waals surface area contributed by atoms with Crippen LogP contribution in [0.15, 0.2) is 34.1 Å². The van der Waals surface area contributed by atoms with Crippen molar-refractivity contribution >= 4 is 28.7 Å². The van der Waals surface area contributed by atoms with Crippen LogP contribution in [-0.2, 0) is 11.3 Å². The number of aryl methyl sites for hydroxylation is 1. The van der Waals surface area contributed by atoms with Crippen LogP contribution in [0.5, 0.6) is 0 Å². The highest BCUT2D eigenvalue weighted by Crippen LogP contribution is 2.39. The highest BCUT2D eigenvalue weighted by Gasteiger charge is 2.37. The molecular formula is C32H43N5O3S. The van der Waals surface area contributed by atoms with Crippen molar-refractivity contribution in [1.29, 1.82) is 0 Å². The van der Waals surface area contributed by atoms with Gasteiger partial charge in [-0.1, -0.05) is 0 Å². The van der Waals surface area contributed by atoms with Gasteiger partial charge in [0.15, 0.2) is 0 Å². The molecule has 1 amide bonds. The molecule has 0 aromatic carbocycles. The number of ether oxygens (including phenoxy) is 1. The molecule has 4 heterocycles. The quantitative estimate of drug-likeness (QED) is 0.321. The number of fused-ring (bicyclic) bond motifs is 1. The Hall–Kier alpha value is -2.62. The first-order valence-electron chi connectivity index (χ1n) is 15.2. The number of H-pyrrole nitrogens is 1. The Morgan fingerprint density at radius 3 is 2.66 bits per heavy atom. The van der Waals surface area contributed by atoms with Gasteiger partial charge >= 0.3 is 0 Å². The molecule has 6 rings (SSSR count). The summed E-state index contributed by atoms with van der Waals surface area (Å²) in [6.07, 6.45) is 11.7. The molecule has 2 aliphatic carbocycles. The molecule has 3 aromatic heterocycles. The maximum Gasteiger partial charge on any atom is 0.254 e. The van der Waals surface area contributed by atoms with Gasteiger partial charge < -0.3 is 19.6 Å². The number of aromatic amines is 1. The van der Waals surface area contributed by atoms with E-state index in [9.17, 15) is 9.59 Å². The van der Waals surface area contributed by atoms with E-state index in [0.29, 0.717) is 35.1 Å². The van der Waals surface area contributed by atoms with Crippen molar-refractivity contribution in [2.75, 3.05) is 26.0 Å². The number of carbonyl (C=O) groups is 1. The molecule has 0 radical (unpaired) electrons. The number of pyridine rings is 2. The third-order valence-corrected chi connectivity index (χ3v) is 10.3. The number of carbonyl (C=O) groups excluding carboxylic acids is 1. The van der Waals surface area contributed by atoms with Gasteiger partial charge in [0, 0.05) is 71.1 Å². The number of hydrogen-bond acceptors (Lipinski definition) is 6. The molecule has 3 fully saturated rings. The molecule has 2 N–H and O–H groups in total. The zero-order valence-electron chi connectivity index (χ0n) is 24.7. The second-order valence-electron chi connectivity index (χ2n) is 12.4. The molecule has 1 unspecified atom stereocenters. The van der Waals surface area contributed by atoms with Crippen molar-refractivity contribution in [1.82, 2.24) is 24.8 Å².